The van der Waals surface area contributed by atoms with Crippen molar-refractivity contribution >= 4 is 33.8 Å². The van der Waals surface area contributed by atoms with Gasteiger partial charge in [-0.1, -0.05) is 12.1 Å². The van der Waals surface area contributed by atoms with E-state index in [2.05, 4.69) is 15.6 Å². The Morgan fingerprint density at radius 2 is 1.93 bits per heavy atom. The van der Waals surface area contributed by atoms with Crippen molar-refractivity contribution in [2.75, 3.05) is 31.3 Å². The number of nitrogens with zero attached hydrogens (tertiary/aromatic N) is 1. The first-order valence-corrected chi connectivity index (χ1v) is 10.4. The van der Waals surface area contributed by atoms with Crippen LogP contribution in [-0.2, 0) is 11.3 Å². The van der Waals surface area contributed by atoms with Crippen LogP contribution in [0.4, 0.5) is 16.5 Å². The number of aromatic nitrogens is 1. The second-order valence-electron chi connectivity index (χ2n) is 7.10. The average molecular weight is 412 g/mol. The number of rotatable bonds is 8. The van der Waals surface area contributed by atoms with Gasteiger partial charge in [0.2, 0.25) is 0 Å². The van der Waals surface area contributed by atoms with E-state index in [1.807, 2.05) is 68.7 Å². The third-order valence-electron chi connectivity index (χ3n) is 4.72. The summed E-state index contributed by atoms with van der Waals surface area (Å²) in [6.45, 7) is 5.13. The largest absolute Gasteiger partial charge is 0.497 e. The van der Waals surface area contributed by atoms with Gasteiger partial charge in [-0.2, -0.15) is 0 Å². The van der Waals surface area contributed by atoms with Gasteiger partial charge in [-0.25, -0.2) is 4.98 Å². The fourth-order valence-corrected chi connectivity index (χ4v) is 3.70. The number of carbonyl (C=O) groups is 1. The fourth-order valence-electron chi connectivity index (χ4n) is 2.97. The van der Waals surface area contributed by atoms with Crippen molar-refractivity contribution in [3.8, 4) is 5.75 Å². The highest BCUT2D eigenvalue weighted by molar-refractivity contribution is 7.13. The number of aryl methyl sites for hydroxylation is 1. The lowest BCUT2D eigenvalue weighted by atomic mass is 10.1. The smallest absolute Gasteiger partial charge is 0.279 e. The van der Waals surface area contributed by atoms with Gasteiger partial charge in [-0.05, 0) is 55.3 Å². The molecule has 0 aliphatic rings. The van der Waals surface area contributed by atoms with Crippen LogP contribution in [0.1, 0.15) is 16.8 Å². The van der Waals surface area contributed by atoms with Gasteiger partial charge in [0.05, 0.1) is 14.2 Å². The predicted octanol–water partition coefficient (Wildman–Crippen LogP) is 3.17. The molecule has 1 aromatic heterocycles. The zero-order chi connectivity index (χ0) is 20.8. The lowest BCUT2D eigenvalue weighted by Gasteiger charge is -2.14. The predicted molar refractivity (Wildman–Crippen MR) is 118 cm³/mol. The monoisotopic (exact) mass is 411 g/mol. The highest BCUT2D eigenvalue weighted by Gasteiger charge is 2.14. The van der Waals surface area contributed by atoms with Gasteiger partial charge in [0.25, 0.3) is 5.91 Å². The van der Waals surface area contributed by atoms with E-state index < -0.39 is 0 Å². The first-order chi connectivity index (χ1) is 13.9. The van der Waals surface area contributed by atoms with Crippen molar-refractivity contribution in [2.24, 2.45) is 0 Å². The number of nitrogens with one attached hydrogen (secondary N) is 3. The number of amides is 1. The molecule has 3 N–H and O–H groups in total. The van der Waals surface area contributed by atoms with E-state index in [-0.39, 0.29) is 5.91 Å². The molecular formula is C22H27N4O2S+. The van der Waals surface area contributed by atoms with Gasteiger partial charge in [0.15, 0.2) is 11.7 Å². The standard InChI is InChI=1S/C22H26N4O2S/c1-15-6-5-7-20(16(15)2)25-21(27)13-26(3)12-18-14-29-22(24-18)23-17-8-10-19(28-4)11-9-17/h5-11,14H,12-13H2,1-4H3,(H,23,24)(H,25,27)/p+1. The summed E-state index contributed by atoms with van der Waals surface area (Å²) in [7, 11) is 3.65. The Bertz CT molecular complexity index is 969. The van der Waals surface area contributed by atoms with Crippen molar-refractivity contribution in [1.29, 1.82) is 0 Å². The molecule has 0 aliphatic carbocycles. The first kappa shape index (κ1) is 20.8. The molecule has 3 aromatic rings. The fraction of sp³-hybridized carbons (Fsp3) is 0.273. The summed E-state index contributed by atoms with van der Waals surface area (Å²) in [5.41, 5.74) is 5.07. The van der Waals surface area contributed by atoms with Crippen molar-refractivity contribution in [3.63, 3.8) is 0 Å². The molecule has 7 heteroatoms. The molecule has 0 radical (unpaired) electrons. The van der Waals surface area contributed by atoms with Crippen LogP contribution in [0.5, 0.6) is 5.75 Å². The van der Waals surface area contributed by atoms with Gasteiger partial charge >= 0.3 is 0 Å². The molecule has 1 amide bonds. The number of likely N-dealkylation sites (N-methyl/N-ethyl adjacent to an activating group) is 1. The summed E-state index contributed by atoms with van der Waals surface area (Å²) in [6.07, 6.45) is 0. The minimum atomic E-state index is 0.00279. The number of ether oxygens (including phenoxy) is 1. The molecule has 0 fully saturated rings. The number of anilines is 3. The summed E-state index contributed by atoms with van der Waals surface area (Å²) in [5.74, 6) is 0.822. The van der Waals surface area contributed by atoms with Crippen LogP contribution in [0, 0.1) is 13.8 Å². The van der Waals surface area contributed by atoms with Crippen molar-refractivity contribution in [3.05, 3.63) is 64.7 Å². The second kappa shape index (κ2) is 9.54. The first-order valence-electron chi connectivity index (χ1n) is 9.47. The number of carbonyl (C=O) groups excluding carboxylic acids is 1. The highest BCUT2D eigenvalue weighted by Crippen LogP contribution is 2.22. The average Bonchev–Trinajstić information content (AvgIpc) is 3.12. The quantitative estimate of drug-likeness (QED) is 0.533. The van der Waals surface area contributed by atoms with E-state index in [1.54, 1.807) is 18.4 Å². The SMILES string of the molecule is COc1ccc(Nc2nc(C[NH+](C)CC(=O)Nc3cccc(C)c3C)cs2)cc1. The minimum Gasteiger partial charge on any atom is -0.497 e. The molecule has 1 heterocycles. The Labute approximate surface area is 175 Å². The third kappa shape index (κ3) is 5.79. The van der Waals surface area contributed by atoms with Crippen LogP contribution in [0.3, 0.4) is 0 Å². The molecule has 3 rings (SSSR count). The molecule has 29 heavy (non-hydrogen) atoms. The maximum Gasteiger partial charge on any atom is 0.279 e. The van der Waals surface area contributed by atoms with Crippen molar-refractivity contribution < 1.29 is 14.4 Å². The van der Waals surface area contributed by atoms with Gasteiger partial charge in [0, 0.05) is 16.8 Å². The molecule has 2 aromatic carbocycles. The van der Waals surface area contributed by atoms with E-state index in [1.165, 1.54) is 5.56 Å². The van der Waals surface area contributed by atoms with E-state index in [4.69, 9.17) is 4.74 Å². The topological polar surface area (TPSA) is 67.7 Å². The van der Waals surface area contributed by atoms with Crippen LogP contribution in [0.15, 0.2) is 47.8 Å². The van der Waals surface area contributed by atoms with Crippen LogP contribution in [0.2, 0.25) is 0 Å². The summed E-state index contributed by atoms with van der Waals surface area (Å²) < 4.78 is 5.17. The number of methoxy groups -OCH3 is 1. The maximum atomic E-state index is 12.4. The van der Waals surface area contributed by atoms with Gasteiger partial charge in [-0.3, -0.25) is 4.79 Å². The van der Waals surface area contributed by atoms with Crippen LogP contribution < -0.4 is 20.3 Å². The summed E-state index contributed by atoms with van der Waals surface area (Å²) >= 11 is 1.55. The molecule has 6 nitrogen and oxygen atoms in total. The Morgan fingerprint density at radius 3 is 2.66 bits per heavy atom. The summed E-state index contributed by atoms with van der Waals surface area (Å²) in [4.78, 5) is 18.1. The maximum absolute atomic E-state index is 12.4. The van der Waals surface area contributed by atoms with Gasteiger partial charge in [0.1, 0.15) is 18.0 Å². The van der Waals surface area contributed by atoms with Crippen LogP contribution >= 0.6 is 11.3 Å². The van der Waals surface area contributed by atoms with Gasteiger partial charge in [-0.15, -0.1) is 11.3 Å². The third-order valence-corrected chi connectivity index (χ3v) is 5.52. The molecule has 0 aliphatic heterocycles. The normalized spacial score (nSPS) is 11.7. The highest BCUT2D eigenvalue weighted by atomic mass is 32.1. The molecule has 0 bridgehead atoms. The number of hydrogen-bond acceptors (Lipinski definition) is 5. The Balaban J connectivity index is 1.52. The van der Waals surface area contributed by atoms with Crippen molar-refractivity contribution in [2.45, 2.75) is 20.4 Å². The minimum absolute atomic E-state index is 0.00279. The molecule has 152 valence electrons. The van der Waals surface area contributed by atoms with E-state index in [9.17, 15) is 4.79 Å². The number of thiazole rings is 1. The van der Waals surface area contributed by atoms with E-state index in [0.29, 0.717) is 13.1 Å². The van der Waals surface area contributed by atoms with Crippen molar-refractivity contribution in [1.82, 2.24) is 4.98 Å². The van der Waals surface area contributed by atoms with E-state index in [0.717, 1.165) is 38.4 Å². The zero-order valence-corrected chi connectivity index (χ0v) is 18.0. The Kier molecular flexibility index (Phi) is 6.85. The second-order valence-corrected chi connectivity index (χ2v) is 7.96. The Hall–Kier alpha value is -2.90. The molecule has 1 unspecified atom stereocenters. The molecule has 0 saturated carbocycles. The van der Waals surface area contributed by atoms with Gasteiger partial charge < -0.3 is 20.3 Å². The molecule has 0 saturated heterocycles. The van der Waals surface area contributed by atoms with E-state index >= 15 is 0 Å². The zero-order valence-electron chi connectivity index (χ0n) is 17.2. The summed E-state index contributed by atoms with van der Waals surface area (Å²) in [5, 5.41) is 9.17. The van der Waals surface area contributed by atoms with Crippen LogP contribution in [0.25, 0.3) is 0 Å². The van der Waals surface area contributed by atoms with Crippen LogP contribution in [-0.4, -0.2) is 31.6 Å². The summed E-state index contributed by atoms with van der Waals surface area (Å²) in [6, 6.07) is 13.7. The lowest BCUT2D eigenvalue weighted by Crippen LogP contribution is -3.08. The molecule has 0 spiro atoms. The molecule has 1 atom stereocenters. The molecular weight excluding hydrogens is 384 g/mol. The Morgan fingerprint density at radius 1 is 1.17 bits per heavy atom. The number of benzene rings is 2. The number of hydrogen-bond donors (Lipinski definition) is 3. The lowest BCUT2D eigenvalue weighted by molar-refractivity contribution is -0.885. The number of quaternary nitrogens is 1.